The number of ether oxygens (including phenoxy) is 2. The maximum atomic E-state index is 11.0. The van der Waals surface area contributed by atoms with Crippen LogP contribution in [0.4, 0.5) is 4.79 Å². The van der Waals surface area contributed by atoms with Crippen molar-refractivity contribution in [2.75, 3.05) is 19.8 Å². The first-order valence-corrected chi connectivity index (χ1v) is 6.16. The van der Waals surface area contributed by atoms with Crippen LogP contribution in [0.3, 0.4) is 0 Å². The Morgan fingerprint density at radius 1 is 1.41 bits per heavy atom. The molecule has 0 heterocycles. The lowest BCUT2D eigenvalue weighted by Crippen LogP contribution is -2.22. The Kier molecular flexibility index (Phi) is 5.71. The van der Waals surface area contributed by atoms with E-state index in [1.54, 1.807) is 6.92 Å². The molecule has 1 aliphatic rings. The second-order valence-corrected chi connectivity index (χ2v) is 4.71. The minimum atomic E-state index is -0.662. The van der Waals surface area contributed by atoms with Crippen LogP contribution in [0.25, 0.3) is 0 Å². The van der Waals surface area contributed by atoms with Crippen molar-refractivity contribution in [2.45, 2.75) is 32.8 Å². The highest BCUT2D eigenvalue weighted by atomic mass is 16.7. The Morgan fingerprint density at radius 3 is 2.71 bits per heavy atom. The molecule has 0 aliphatic heterocycles. The van der Waals surface area contributed by atoms with Gasteiger partial charge in [0.05, 0.1) is 25.9 Å². The van der Waals surface area contributed by atoms with Crippen molar-refractivity contribution in [1.82, 2.24) is 0 Å². The number of carbonyl (C=O) groups is 1. The van der Waals surface area contributed by atoms with Crippen molar-refractivity contribution in [3.63, 3.8) is 0 Å². The Labute approximate surface area is 102 Å². The van der Waals surface area contributed by atoms with Crippen molar-refractivity contribution >= 4 is 6.16 Å². The van der Waals surface area contributed by atoms with Gasteiger partial charge in [-0.1, -0.05) is 6.92 Å². The molecule has 0 bridgehead atoms. The molecule has 100 valence electrons. The van der Waals surface area contributed by atoms with Gasteiger partial charge in [0.2, 0.25) is 0 Å². The van der Waals surface area contributed by atoms with Crippen LogP contribution in [0.2, 0.25) is 0 Å². The van der Waals surface area contributed by atoms with Crippen LogP contribution in [0.1, 0.15) is 26.7 Å². The Morgan fingerprint density at radius 2 is 2.12 bits per heavy atom. The van der Waals surface area contributed by atoms with E-state index in [9.17, 15) is 9.90 Å². The number of aliphatic hydroxyl groups is 2. The first-order valence-electron chi connectivity index (χ1n) is 6.16. The number of aliphatic hydroxyl groups excluding tert-OH is 2. The molecule has 5 nitrogen and oxygen atoms in total. The van der Waals surface area contributed by atoms with Crippen molar-refractivity contribution < 1.29 is 24.5 Å². The second kappa shape index (κ2) is 6.81. The van der Waals surface area contributed by atoms with Crippen LogP contribution >= 0.6 is 0 Å². The quantitative estimate of drug-likeness (QED) is 0.712. The molecule has 0 radical (unpaired) electrons. The molecular formula is C12H22O5. The van der Waals surface area contributed by atoms with Gasteiger partial charge in [0, 0.05) is 0 Å². The zero-order valence-corrected chi connectivity index (χ0v) is 10.5. The number of hydrogen-bond donors (Lipinski definition) is 2. The largest absolute Gasteiger partial charge is 0.508 e. The standard InChI is InChI=1S/C12H22O5/c1-3-16-12(15)17-7-10-5-9(4-8(10)2)11(14)6-13/h8-11,13-14H,3-7H2,1-2H3. The van der Waals surface area contributed by atoms with Gasteiger partial charge in [0.1, 0.15) is 0 Å². The normalized spacial score (nSPS) is 30.0. The van der Waals surface area contributed by atoms with E-state index in [-0.39, 0.29) is 18.4 Å². The number of rotatable bonds is 5. The average Bonchev–Trinajstić information content (AvgIpc) is 2.67. The molecule has 1 aliphatic carbocycles. The van der Waals surface area contributed by atoms with Gasteiger partial charge < -0.3 is 19.7 Å². The fourth-order valence-electron chi connectivity index (χ4n) is 2.42. The minimum absolute atomic E-state index is 0.103. The van der Waals surface area contributed by atoms with Gasteiger partial charge in [-0.05, 0) is 37.5 Å². The molecule has 4 unspecified atom stereocenters. The lowest BCUT2D eigenvalue weighted by Gasteiger charge is -2.15. The first kappa shape index (κ1) is 14.3. The van der Waals surface area contributed by atoms with E-state index in [0.717, 1.165) is 12.8 Å². The third kappa shape index (κ3) is 4.16. The predicted octanol–water partition coefficient (Wildman–Crippen LogP) is 1.18. The fraction of sp³-hybridized carbons (Fsp3) is 0.917. The maximum absolute atomic E-state index is 11.0. The van der Waals surface area contributed by atoms with Gasteiger partial charge in [0.25, 0.3) is 0 Å². The molecule has 0 spiro atoms. The van der Waals surface area contributed by atoms with Crippen LogP contribution in [0.5, 0.6) is 0 Å². The predicted molar refractivity (Wildman–Crippen MR) is 61.4 cm³/mol. The molecule has 5 heteroatoms. The third-order valence-corrected chi connectivity index (χ3v) is 3.49. The highest BCUT2D eigenvalue weighted by Gasteiger charge is 2.35. The van der Waals surface area contributed by atoms with Gasteiger partial charge in [-0.3, -0.25) is 0 Å². The van der Waals surface area contributed by atoms with Crippen molar-refractivity contribution in [3.8, 4) is 0 Å². The fourth-order valence-corrected chi connectivity index (χ4v) is 2.42. The summed E-state index contributed by atoms with van der Waals surface area (Å²) >= 11 is 0. The van der Waals surface area contributed by atoms with Gasteiger partial charge in [-0.2, -0.15) is 0 Å². The average molecular weight is 246 g/mol. The van der Waals surface area contributed by atoms with Gasteiger partial charge in [0.15, 0.2) is 0 Å². The molecule has 0 saturated heterocycles. The Balaban J connectivity index is 2.33. The molecule has 1 saturated carbocycles. The van der Waals surface area contributed by atoms with E-state index >= 15 is 0 Å². The number of hydrogen-bond acceptors (Lipinski definition) is 5. The summed E-state index contributed by atoms with van der Waals surface area (Å²) in [7, 11) is 0. The minimum Gasteiger partial charge on any atom is -0.435 e. The summed E-state index contributed by atoms with van der Waals surface area (Å²) in [6.45, 7) is 4.23. The van der Waals surface area contributed by atoms with Gasteiger partial charge >= 0.3 is 6.16 Å². The molecule has 0 aromatic heterocycles. The van der Waals surface area contributed by atoms with Crippen LogP contribution in [0, 0.1) is 17.8 Å². The maximum Gasteiger partial charge on any atom is 0.508 e. The summed E-state index contributed by atoms with van der Waals surface area (Å²) in [5.74, 6) is 0.729. The van der Waals surface area contributed by atoms with E-state index in [1.165, 1.54) is 0 Å². The Hall–Kier alpha value is -0.810. The summed E-state index contributed by atoms with van der Waals surface area (Å²) in [4.78, 5) is 11.0. The lowest BCUT2D eigenvalue weighted by molar-refractivity contribution is 0.0366. The third-order valence-electron chi connectivity index (χ3n) is 3.49. The molecule has 0 amide bonds. The van der Waals surface area contributed by atoms with Crippen LogP contribution < -0.4 is 0 Å². The van der Waals surface area contributed by atoms with Crippen LogP contribution in [-0.4, -0.2) is 42.3 Å². The monoisotopic (exact) mass is 246 g/mol. The topological polar surface area (TPSA) is 76.0 Å². The van der Waals surface area contributed by atoms with Crippen LogP contribution in [0.15, 0.2) is 0 Å². The van der Waals surface area contributed by atoms with Gasteiger partial charge in [-0.15, -0.1) is 0 Å². The molecule has 17 heavy (non-hydrogen) atoms. The molecular weight excluding hydrogens is 224 g/mol. The number of carbonyl (C=O) groups excluding carboxylic acids is 1. The highest BCUT2D eigenvalue weighted by molar-refractivity contribution is 5.59. The summed E-state index contributed by atoms with van der Waals surface area (Å²) < 4.78 is 9.68. The van der Waals surface area contributed by atoms with E-state index in [4.69, 9.17) is 9.84 Å². The summed E-state index contributed by atoms with van der Waals surface area (Å²) in [5, 5.41) is 18.5. The Bertz CT molecular complexity index is 243. The van der Waals surface area contributed by atoms with Crippen molar-refractivity contribution in [1.29, 1.82) is 0 Å². The van der Waals surface area contributed by atoms with Gasteiger partial charge in [-0.25, -0.2) is 4.79 Å². The molecule has 1 fully saturated rings. The summed E-state index contributed by atoms with van der Waals surface area (Å²) in [6, 6.07) is 0. The summed E-state index contributed by atoms with van der Waals surface area (Å²) in [5.41, 5.74) is 0. The van der Waals surface area contributed by atoms with E-state index < -0.39 is 12.3 Å². The molecule has 0 aromatic carbocycles. The molecule has 2 N–H and O–H groups in total. The second-order valence-electron chi connectivity index (χ2n) is 4.71. The van der Waals surface area contributed by atoms with Crippen molar-refractivity contribution in [3.05, 3.63) is 0 Å². The first-order chi connectivity index (χ1) is 8.08. The SMILES string of the molecule is CCOC(=O)OCC1CC(C(O)CO)CC1C. The smallest absolute Gasteiger partial charge is 0.435 e. The van der Waals surface area contributed by atoms with Crippen LogP contribution in [-0.2, 0) is 9.47 Å². The molecule has 0 aromatic rings. The zero-order valence-electron chi connectivity index (χ0n) is 10.5. The van der Waals surface area contributed by atoms with E-state index in [0.29, 0.717) is 19.1 Å². The van der Waals surface area contributed by atoms with E-state index in [2.05, 4.69) is 11.7 Å². The van der Waals surface area contributed by atoms with Crippen molar-refractivity contribution in [2.24, 2.45) is 17.8 Å². The molecule has 4 atom stereocenters. The van der Waals surface area contributed by atoms with E-state index in [1.807, 2.05) is 0 Å². The molecule has 1 rings (SSSR count). The highest BCUT2D eigenvalue weighted by Crippen LogP contribution is 2.38. The summed E-state index contributed by atoms with van der Waals surface area (Å²) in [6.07, 6.45) is 0.344. The zero-order chi connectivity index (χ0) is 12.8. The lowest BCUT2D eigenvalue weighted by atomic mass is 9.99.